The van der Waals surface area contributed by atoms with E-state index < -0.39 is 16.6 Å². The van der Waals surface area contributed by atoms with Gasteiger partial charge in [-0.3, -0.25) is 0 Å². The van der Waals surface area contributed by atoms with Crippen molar-refractivity contribution in [2.24, 2.45) is 0 Å². The molecule has 2 aromatic carbocycles. The fourth-order valence-electron chi connectivity index (χ4n) is 3.00. The Labute approximate surface area is 219 Å². The normalized spacial score (nSPS) is 13.3. The molecular weight excluding hydrogens is 481 g/mol. The molecule has 0 atom stereocenters. The van der Waals surface area contributed by atoms with E-state index in [0.717, 1.165) is 22.6 Å². The molecule has 5 nitrogen and oxygen atoms in total. The van der Waals surface area contributed by atoms with Gasteiger partial charge in [-0.2, -0.15) is 4.98 Å². The average molecular weight is 523 g/mol. The summed E-state index contributed by atoms with van der Waals surface area (Å²) in [4.78, 5) is 4.52. The Hall–Kier alpha value is -2.65. The van der Waals surface area contributed by atoms with Gasteiger partial charge in [0.25, 0.3) is 22.5 Å². The van der Waals surface area contributed by atoms with Crippen molar-refractivity contribution < 1.29 is 13.4 Å². The molecular formula is C29H42N2O3Si2. The number of hydrogen-bond acceptors (Lipinski definition) is 5. The van der Waals surface area contributed by atoms with E-state index in [1.807, 2.05) is 36.4 Å². The van der Waals surface area contributed by atoms with Crippen LogP contribution in [0.1, 0.15) is 64.4 Å². The van der Waals surface area contributed by atoms with Gasteiger partial charge in [0.05, 0.1) is 0 Å². The van der Waals surface area contributed by atoms with Crippen molar-refractivity contribution in [1.29, 1.82) is 0 Å². The highest BCUT2D eigenvalue weighted by Crippen LogP contribution is 2.43. The second-order valence-electron chi connectivity index (χ2n) is 12.5. The van der Waals surface area contributed by atoms with Crippen LogP contribution in [0.3, 0.4) is 0 Å². The van der Waals surface area contributed by atoms with Crippen LogP contribution in [0.2, 0.25) is 36.3 Å². The number of rotatable bonds is 8. The van der Waals surface area contributed by atoms with Gasteiger partial charge in [-0.25, -0.2) is 0 Å². The molecule has 0 radical (unpaired) electrons. The zero-order valence-electron chi connectivity index (χ0n) is 23.6. The van der Waals surface area contributed by atoms with Gasteiger partial charge in [-0.1, -0.05) is 83.1 Å². The lowest BCUT2D eigenvalue weighted by Crippen LogP contribution is -2.45. The van der Waals surface area contributed by atoms with Crippen LogP contribution in [0.5, 0.6) is 11.5 Å². The SMILES string of the molecule is CC(C)(C)[Si](C)(C)Oc1ccc(C=Cc2nc(Cc3ccccc3)no2)cc1O[Si](C)(C)C(C)(C)C. The number of nitrogens with zero attached hydrogens (tertiary/aromatic N) is 2. The molecule has 3 aromatic rings. The number of aromatic nitrogens is 2. The maximum atomic E-state index is 6.77. The van der Waals surface area contributed by atoms with Gasteiger partial charge in [0.2, 0.25) is 0 Å². The van der Waals surface area contributed by atoms with Gasteiger partial charge in [-0.05, 0) is 65.6 Å². The lowest BCUT2D eigenvalue weighted by molar-refractivity contribution is 0.404. The van der Waals surface area contributed by atoms with Gasteiger partial charge in [0.1, 0.15) is 11.5 Å². The highest BCUT2D eigenvalue weighted by atomic mass is 28.4. The Bertz CT molecular complexity index is 1190. The summed E-state index contributed by atoms with van der Waals surface area (Å²) in [5.41, 5.74) is 2.15. The minimum absolute atomic E-state index is 0.0754. The van der Waals surface area contributed by atoms with Crippen molar-refractivity contribution in [3.63, 3.8) is 0 Å². The van der Waals surface area contributed by atoms with Crippen LogP contribution in [-0.4, -0.2) is 26.8 Å². The lowest BCUT2D eigenvalue weighted by Gasteiger charge is -2.39. The Kier molecular flexibility index (Phi) is 8.05. The molecule has 36 heavy (non-hydrogen) atoms. The standard InChI is InChI=1S/C29H42N2O3Si2/c1-28(2,3)35(7,8)33-24-18-16-23(20-25(24)34-36(9,10)29(4,5)6)17-19-27-30-26(31-32-27)21-22-14-12-11-13-15-22/h11-20H,21H2,1-10H3. The van der Waals surface area contributed by atoms with E-state index >= 15 is 0 Å². The molecule has 0 N–H and O–H groups in total. The molecule has 1 aromatic heterocycles. The quantitative estimate of drug-likeness (QED) is 0.277. The predicted molar refractivity (Wildman–Crippen MR) is 155 cm³/mol. The first-order chi connectivity index (χ1) is 16.6. The molecule has 194 valence electrons. The summed E-state index contributed by atoms with van der Waals surface area (Å²) < 4.78 is 18.9. The minimum Gasteiger partial charge on any atom is -0.541 e. The number of benzene rings is 2. The molecule has 0 unspecified atom stereocenters. The third-order valence-electron chi connectivity index (χ3n) is 7.42. The first kappa shape index (κ1) is 27.9. The first-order valence-corrected chi connectivity index (χ1v) is 18.5. The van der Waals surface area contributed by atoms with Gasteiger partial charge in [0.15, 0.2) is 5.82 Å². The van der Waals surface area contributed by atoms with Crippen LogP contribution < -0.4 is 8.85 Å². The van der Waals surface area contributed by atoms with Gasteiger partial charge in [0, 0.05) is 12.5 Å². The summed E-state index contributed by atoms with van der Waals surface area (Å²) in [5, 5.41) is 4.29. The van der Waals surface area contributed by atoms with E-state index in [9.17, 15) is 0 Å². The molecule has 0 aliphatic carbocycles. The van der Waals surface area contributed by atoms with Gasteiger partial charge in [-0.15, -0.1) is 0 Å². The minimum atomic E-state index is -2.07. The van der Waals surface area contributed by atoms with Gasteiger partial charge >= 0.3 is 0 Å². The van der Waals surface area contributed by atoms with E-state index in [2.05, 4.69) is 102 Å². The average Bonchev–Trinajstić information content (AvgIpc) is 3.20. The molecule has 0 amide bonds. The molecule has 0 saturated heterocycles. The summed E-state index contributed by atoms with van der Waals surface area (Å²) in [5.74, 6) is 2.78. The molecule has 0 saturated carbocycles. The van der Waals surface area contributed by atoms with Crippen molar-refractivity contribution in [2.45, 2.75) is 84.2 Å². The Morgan fingerprint density at radius 2 is 1.36 bits per heavy atom. The van der Waals surface area contributed by atoms with Crippen molar-refractivity contribution in [2.75, 3.05) is 0 Å². The topological polar surface area (TPSA) is 57.4 Å². The fourth-order valence-corrected chi connectivity index (χ4v) is 5.04. The van der Waals surface area contributed by atoms with Crippen molar-refractivity contribution in [3.8, 4) is 11.5 Å². The Morgan fingerprint density at radius 3 is 1.94 bits per heavy atom. The summed E-state index contributed by atoms with van der Waals surface area (Å²) in [6.07, 6.45) is 4.47. The van der Waals surface area contributed by atoms with Crippen LogP contribution in [-0.2, 0) is 6.42 Å². The predicted octanol–water partition coefficient (Wildman–Crippen LogP) is 8.60. The summed E-state index contributed by atoms with van der Waals surface area (Å²) in [6, 6.07) is 16.3. The third-order valence-corrected chi connectivity index (χ3v) is 16.1. The highest BCUT2D eigenvalue weighted by molar-refractivity contribution is 6.75. The molecule has 0 spiro atoms. The molecule has 1 heterocycles. The van der Waals surface area contributed by atoms with Crippen molar-refractivity contribution in [3.05, 3.63) is 71.4 Å². The van der Waals surface area contributed by atoms with Crippen LogP contribution >= 0.6 is 0 Å². The maximum Gasteiger partial charge on any atom is 0.250 e. The summed E-state index contributed by atoms with van der Waals surface area (Å²) >= 11 is 0. The van der Waals surface area contributed by atoms with E-state index in [4.69, 9.17) is 13.4 Å². The monoisotopic (exact) mass is 522 g/mol. The summed E-state index contributed by atoms with van der Waals surface area (Å²) in [6.45, 7) is 22.6. The maximum absolute atomic E-state index is 6.77. The van der Waals surface area contributed by atoms with E-state index in [-0.39, 0.29) is 10.1 Å². The highest BCUT2D eigenvalue weighted by Gasteiger charge is 2.42. The molecule has 7 heteroatoms. The van der Waals surface area contributed by atoms with E-state index in [1.165, 1.54) is 0 Å². The lowest BCUT2D eigenvalue weighted by atomic mass is 10.1. The zero-order chi connectivity index (χ0) is 26.8. The summed E-state index contributed by atoms with van der Waals surface area (Å²) in [7, 11) is -4.10. The van der Waals surface area contributed by atoms with Crippen LogP contribution in [0.25, 0.3) is 12.2 Å². The third kappa shape index (κ3) is 6.98. The second kappa shape index (κ2) is 10.4. The second-order valence-corrected chi connectivity index (χ2v) is 21.9. The molecule has 0 fully saturated rings. The smallest absolute Gasteiger partial charge is 0.250 e. The number of hydrogen-bond donors (Lipinski definition) is 0. The first-order valence-electron chi connectivity index (χ1n) is 12.6. The molecule has 3 rings (SSSR count). The Morgan fingerprint density at radius 1 is 0.778 bits per heavy atom. The zero-order valence-corrected chi connectivity index (χ0v) is 25.6. The molecule has 0 aliphatic heterocycles. The van der Waals surface area contributed by atoms with Crippen LogP contribution in [0.4, 0.5) is 0 Å². The largest absolute Gasteiger partial charge is 0.541 e. The molecule has 0 aliphatic rings. The van der Waals surface area contributed by atoms with E-state index in [1.54, 1.807) is 0 Å². The van der Waals surface area contributed by atoms with Crippen molar-refractivity contribution in [1.82, 2.24) is 10.1 Å². The van der Waals surface area contributed by atoms with E-state index in [0.29, 0.717) is 18.1 Å². The Balaban J connectivity index is 1.87. The van der Waals surface area contributed by atoms with Crippen molar-refractivity contribution >= 4 is 28.8 Å². The fraction of sp³-hybridized carbons (Fsp3) is 0.448. The van der Waals surface area contributed by atoms with Crippen LogP contribution in [0.15, 0.2) is 53.1 Å². The molecule has 0 bridgehead atoms. The van der Waals surface area contributed by atoms with Gasteiger partial charge < -0.3 is 13.4 Å². The van der Waals surface area contributed by atoms with Crippen LogP contribution in [0, 0.1) is 0 Å².